The normalized spacial score (nSPS) is 14.7. The van der Waals surface area contributed by atoms with Crippen molar-refractivity contribution in [3.8, 4) is 11.5 Å². The standard InChI is InChI=1S/C26H24FN3O4/c27-20-4-1-18(2-5-20)15-25(31)30-13-11-29(12-14-30)22-8-6-21(7-9-22)28-26(32)19-3-10-23-24(16-19)34-17-33-23/h1-10,16H,11-15,17H2,(H,28,32). The first-order valence-electron chi connectivity index (χ1n) is 11.1. The Morgan fingerprint density at radius 1 is 0.853 bits per heavy atom. The highest BCUT2D eigenvalue weighted by Gasteiger charge is 2.22. The van der Waals surface area contributed by atoms with Crippen molar-refractivity contribution >= 4 is 23.2 Å². The van der Waals surface area contributed by atoms with Crippen LogP contribution >= 0.6 is 0 Å². The molecule has 7 nitrogen and oxygen atoms in total. The van der Waals surface area contributed by atoms with Gasteiger partial charge in [0.15, 0.2) is 11.5 Å². The number of piperazine rings is 1. The molecule has 0 aliphatic carbocycles. The van der Waals surface area contributed by atoms with Crippen molar-refractivity contribution in [3.63, 3.8) is 0 Å². The fourth-order valence-corrected chi connectivity index (χ4v) is 4.10. The number of rotatable bonds is 5. The molecule has 3 aromatic rings. The molecule has 1 fully saturated rings. The summed E-state index contributed by atoms with van der Waals surface area (Å²) in [5.41, 5.74) is 3.04. The molecule has 0 saturated carbocycles. The Morgan fingerprint density at radius 3 is 2.29 bits per heavy atom. The molecule has 0 radical (unpaired) electrons. The van der Waals surface area contributed by atoms with Crippen molar-refractivity contribution in [1.29, 1.82) is 0 Å². The van der Waals surface area contributed by atoms with Crippen LogP contribution in [0.3, 0.4) is 0 Å². The number of amides is 2. The van der Waals surface area contributed by atoms with Crippen LogP contribution in [0.5, 0.6) is 11.5 Å². The van der Waals surface area contributed by atoms with Crippen molar-refractivity contribution in [2.75, 3.05) is 43.2 Å². The van der Waals surface area contributed by atoms with Crippen LogP contribution in [0.15, 0.2) is 66.7 Å². The lowest BCUT2D eigenvalue weighted by molar-refractivity contribution is -0.130. The van der Waals surface area contributed by atoms with Crippen LogP contribution in [0.4, 0.5) is 15.8 Å². The van der Waals surface area contributed by atoms with Gasteiger partial charge in [0.1, 0.15) is 5.82 Å². The van der Waals surface area contributed by atoms with Gasteiger partial charge in [-0.2, -0.15) is 0 Å². The fourth-order valence-electron chi connectivity index (χ4n) is 4.10. The molecule has 2 aliphatic heterocycles. The van der Waals surface area contributed by atoms with E-state index in [2.05, 4.69) is 10.2 Å². The molecule has 0 unspecified atom stereocenters. The van der Waals surface area contributed by atoms with Crippen molar-refractivity contribution < 1.29 is 23.5 Å². The van der Waals surface area contributed by atoms with Crippen LogP contribution in [0, 0.1) is 5.82 Å². The molecule has 8 heteroatoms. The summed E-state index contributed by atoms with van der Waals surface area (Å²) in [5.74, 6) is 0.729. The SMILES string of the molecule is O=C(Nc1ccc(N2CCN(C(=O)Cc3ccc(F)cc3)CC2)cc1)c1ccc2c(c1)OCO2. The summed E-state index contributed by atoms with van der Waals surface area (Å²) in [6.45, 7) is 2.86. The van der Waals surface area contributed by atoms with E-state index in [9.17, 15) is 14.0 Å². The first kappa shape index (κ1) is 21.8. The highest BCUT2D eigenvalue weighted by molar-refractivity contribution is 6.04. The number of hydrogen-bond donors (Lipinski definition) is 1. The summed E-state index contributed by atoms with van der Waals surface area (Å²) in [6, 6.07) is 18.8. The maximum absolute atomic E-state index is 13.1. The molecule has 2 heterocycles. The average Bonchev–Trinajstić information content (AvgIpc) is 3.34. The van der Waals surface area contributed by atoms with Gasteiger partial charge in [-0.15, -0.1) is 0 Å². The van der Waals surface area contributed by atoms with Gasteiger partial charge in [-0.05, 0) is 60.2 Å². The first-order chi connectivity index (χ1) is 16.5. The summed E-state index contributed by atoms with van der Waals surface area (Å²) in [5, 5.41) is 2.90. The maximum Gasteiger partial charge on any atom is 0.255 e. The van der Waals surface area contributed by atoms with E-state index in [4.69, 9.17) is 9.47 Å². The number of carbonyl (C=O) groups excluding carboxylic acids is 2. The van der Waals surface area contributed by atoms with E-state index in [1.54, 1.807) is 30.3 Å². The van der Waals surface area contributed by atoms with E-state index in [1.807, 2.05) is 29.2 Å². The molecular formula is C26H24FN3O4. The van der Waals surface area contributed by atoms with E-state index in [0.29, 0.717) is 35.8 Å². The van der Waals surface area contributed by atoms with Crippen LogP contribution in [-0.2, 0) is 11.2 Å². The molecule has 0 spiro atoms. The van der Waals surface area contributed by atoms with Gasteiger partial charge in [-0.1, -0.05) is 12.1 Å². The molecule has 5 rings (SSSR count). The largest absolute Gasteiger partial charge is 0.454 e. The third kappa shape index (κ3) is 4.80. The Bertz CT molecular complexity index is 1190. The second-order valence-corrected chi connectivity index (χ2v) is 8.24. The number of fused-ring (bicyclic) bond motifs is 1. The highest BCUT2D eigenvalue weighted by atomic mass is 19.1. The average molecular weight is 461 g/mol. The predicted molar refractivity (Wildman–Crippen MR) is 126 cm³/mol. The quantitative estimate of drug-likeness (QED) is 0.628. The third-order valence-corrected chi connectivity index (χ3v) is 6.03. The Labute approximate surface area is 196 Å². The lowest BCUT2D eigenvalue weighted by Crippen LogP contribution is -2.49. The lowest BCUT2D eigenvalue weighted by Gasteiger charge is -2.36. The fraction of sp³-hybridized carbons (Fsp3) is 0.231. The Hall–Kier alpha value is -4.07. The summed E-state index contributed by atoms with van der Waals surface area (Å²) >= 11 is 0. The van der Waals surface area contributed by atoms with Gasteiger partial charge in [0, 0.05) is 43.1 Å². The Morgan fingerprint density at radius 2 is 1.56 bits per heavy atom. The van der Waals surface area contributed by atoms with Crippen molar-refractivity contribution in [2.45, 2.75) is 6.42 Å². The molecule has 3 aromatic carbocycles. The Balaban J connectivity index is 1.13. The molecule has 1 saturated heterocycles. The number of carbonyl (C=O) groups is 2. The minimum absolute atomic E-state index is 0.0489. The van der Waals surface area contributed by atoms with Gasteiger partial charge >= 0.3 is 0 Å². The summed E-state index contributed by atoms with van der Waals surface area (Å²) in [4.78, 5) is 29.2. The number of nitrogens with one attached hydrogen (secondary N) is 1. The number of benzene rings is 3. The summed E-state index contributed by atoms with van der Waals surface area (Å²) < 4.78 is 23.7. The monoisotopic (exact) mass is 461 g/mol. The minimum atomic E-state index is -0.302. The van der Waals surface area contributed by atoms with E-state index in [1.165, 1.54) is 12.1 Å². The van der Waals surface area contributed by atoms with Crippen LogP contribution < -0.4 is 19.7 Å². The number of anilines is 2. The van der Waals surface area contributed by atoms with Gasteiger partial charge in [0.05, 0.1) is 6.42 Å². The smallest absolute Gasteiger partial charge is 0.255 e. The Kier molecular flexibility index (Phi) is 6.03. The molecule has 34 heavy (non-hydrogen) atoms. The van der Waals surface area contributed by atoms with Gasteiger partial charge in [-0.3, -0.25) is 9.59 Å². The lowest BCUT2D eigenvalue weighted by atomic mass is 10.1. The molecule has 174 valence electrons. The first-order valence-corrected chi connectivity index (χ1v) is 11.1. The van der Waals surface area contributed by atoms with E-state index >= 15 is 0 Å². The molecular weight excluding hydrogens is 437 g/mol. The molecule has 2 amide bonds. The number of hydrogen-bond acceptors (Lipinski definition) is 5. The van der Waals surface area contributed by atoms with E-state index in [-0.39, 0.29) is 30.8 Å². The third-order valence-electron chi connectivity index (χ3n) is 6.03. The molecule has 2 aliphatic rings. The van der Waals surface area contributed by atoms with Gasteiger partial charge in [-0.25, -0.2) is 4.39 Å². The second kappa shape index (κ2) is 9.43. The van der Waals surface area contributed by atoms with E-state index in [0.717, 1.165) is 24.3 Å². The van der Waals surface area contributed by atoms with Crippen molar-refractivity contribution in [1.82, 2.24) is 4.90 Å². The summed E-state index contributed by atoms with van der Waals surface area (Å²) in [6.07, 6.45) is 0.276. The topological polar surface area (TPSA) is 71.1 Å². The minimum Gasteiger partial charge on any atom is -0.454 e. The van der Waals surface area contributed by atoms with Crippen LogP contribution in [-0.4, -0.2) is 49.7 Å². The van der Waals surface area contributed by atoms with Crippen molar-refractivity contribution in [3.05, 3.63) is 83.7 Å². The van der Waals surface area contributed by atoms with Crippen molar-refractivity contribution in [2.24, 2.45) is 0 Å². The second-order valence-electron chi connectivity index (χ2n) is 8.24. The summed E-state index contributed by atoms with van der Waals surface area (Å²) in [7, 11) is 0. The zero-order valence-electron chi connectivity index (χ0n) is 18.5. The number of nitrogens with zero attached hydrogens (tertiary/aromatic N) is 2. The zero-order chi connectivity index (χ0) is 23.5. The van der Waals surface area contributed by atoms with E-state index < -0.39 is 0 Å². The number of halogens is 1. The van der Waals surface area contributed by atoms with Crippen LogP contribution in [0.25, 0.3) is 0 Å². The zero-order valence-corrected chi connectivity index (χ0v) is 18.5. The van der Waals surface area contributed by atoms with Crippen LogP contribution in [0.1, 0.15) is 15.9 Å². The number of ether oxygens (including phenoxy) is 2. The van der Waals surface area contributed by atoms with Gasteiger partial charge < -0.3 is 24.6 Å². The van der Waals surface area contributed by atoms with Gasteiger partial charge in [0.25, 0.3) is 5.91 Å². The molecule has 0 aromatic heterocycles. The van der Waals surface area contributed by atoms with Crippen LogP contribution in [0.2, 0.25) is 0 Å². The highest BCUT2D eigenvalue weighted by Crippen LogP contribution is 2.32. The predicted octanol–water partition coefficient (Wildman–Crippen LogP) is 3.70. The molecule has 0 atom stereocenters. The van der Waals surface area contributed by atoms with Gasteiger partial charge in [0.2, 0.25) is 12.7 Å². The maximum atomic E-state index is 13.1. The molecule has 1 N–H and O–H groups in total. The molecule has 0 bridgehead atoms.